The largest absolute Gasteiger partial charge is 0.380 e. The van der Waals surface area contributed by atoms with Crippen LogP contribution in [-0.2, 0) is 12.0 Å². The summed E-state index contributed by atoms with van der Waals surface area (Å²) in [6.07, 6.45) is 5.56. The number of fused-ring (bicyclic) bond motifs is 1. The Bertz CT molecular complexity index is 612. The number of aliphatic hydroxyl groups is 1. The van der Waals surface area contributed by atoms with Crippen molar-refractivity contribution >= 4 is 0 Å². The number of aromatic nitrogens is 1. The van der Waals surface area contributed by atoms with Gasteiger partial charge >= 0.3 is 0 Å². The van der Waals surface area contributed by atoms with Crippen molar-refractivity contribution in [1.82, 2.24) is 9.88 Å². The molecule has 1 aliphatic rings. The summed E-state index contributed by atoms with van der Waals surface area (Å²) in [5.74, 6) is 0.173. The Morgan fingerprint density at radius 2 is 2.05 bits per heavy atom. The fraction of sp³-hybridized carbons (Fsp3) is 0.389. The lowest BCUT2D eigenvalue weighted by Crippen LogP contribution is -2.45. The fourth-order valence-electron chi connectivity index (χ4n) is 3.51. The van der Waals surface area contributed by atoms with E-state index in [9.17, 15) is 5.11 Å². The summed E-state index contributed by atoms with van der Waals surface area (Å²) in [7, 11) is 4.12. The molecule has 2 unspecified atom stereocenters. The molecule has 1 heterocycles. The second-order valence-corrected chi connectivity index (χ2v) is 6.16. The molecule has 3 heteroatoms. The van der Waals surface area contributed by atoms with Crippen LogP contribution in [-0.4, -0.2) is 35.6 Å². The molecule has 0 aliphatic heterocycles. The van der Waals surface area contributed by atoms with Crippen LogP contribution in [0.2, 0.25) is 0 Å². The summed E-state index contributed by atoms with van der Waals surface area (Å²) in [5, 5.41) is 11.6. The van der Waals surface area contributed by atoms with E-state index in [0.29, 0.717) is 0 Å². The van der Waals surface area contributed by atoms with E-state index in [2.05, 4.69) is 42.2 Å². The van der Waals surface area contributed by atoms with E-state index < -0.39 is 5.60 Å². The molecule has 2 atom stereocenters. The number of nitrogens with zero attached hydrogens (tertiary/aromatic N) is 2. The molecule has 0 saturated carbocycles. The summed E-state index contributed by atoms with van der Waals surface area (Å²) in [5.41, 5.74) is 2.23. The summed E-state index contributed by atoms with van der Waals surface area (Å²) in [6, 6.07) is 12.1. The highest BCUT2D eigenvalue weighted by molar-refractivity contribution is 5.43. The number of pyridine rings is 1. The van der Waals surface area contributed by atoms with E-state index in [-0.39, 0.29) is 5.92 Å². The third kappa shape index (κ3) is 2.47. The van der Waals surface area contributed by atoms with E-state index >= 15 is 0 Å². The molecule has 0 spiro atoms. The van der Waals surface area contributed by atoms with Crippen LogP contribution >= 0.6 is 0 Å². The molecule has 0 bridgehead atoms. The van der Waals surface area contributed by atoms with Gasteiger partial charge < -0.3 is 10.0 Å². The molecule has 0 saturated heterocycles. The summed E-state index contributed by atoms with van der Waals surface area (Å²) < 4.78 is 0. The number of hydrogen-bond donors (Lipinski definition) is 1. The Labute approximate surface area is 126 Å². The number of rotatable bonds is 3. The van der Waals surface area contributed by atoms with Crippen molar-refractivity contribution in [2.24, 2.45) is 5.92 Å². The summed E-state index contributed by atoms with van der Waals surface area (Å²) >= 11 is 0. The average molecular weight is 282 g/mol. The van der Waals surface area contributed by atoms with Gasteiger partial charge in [-0.3, -0.25) is 4.98 Å². The molecule has 2 aromatic rings. The maximum Gasteiger partial charge on any atom is 0.120 e. The highest BCUT2D eigenvalue weighted by atomic mass is 16.3. The second-order valence-electron chi connectivity index (χ2n) is 6.16. The van der Waals surface area contributed by atoms with Crippen molar-refractivity contribution in [1.29, 1.82) is 0 Å². The zero-order valence-electron chi connectivity index (χ0n) is 12.7. The maximum absolute atomic E-state index is 11.6. The van der Waals surface area contributed by atoms with Gasteiger partial charge in [0, 0.05) is 30.4 Å². The average Bonchev–Trinajstić information content (AvgIpc) is 2.51. The highest BCUT2D eigenvalue weighted by Crippen LogP contribution is 2.44. The molecule has 3 nitrogen and oxygen atoms in total. The minimum atomic E-state index is -0.951. The molecule has 0 amide bonds. The first-order valence-electron chi connectivity index (χ1n) is 7.48. The lowest BCUT2D eigenvalue weighted by molar-refractivity contribution is -0.00663. The van der Waals surface area contributed by atoms with Crippen molar-refractivity contribution in [3.8, 4) is 0 Å². The number of benzene rings is 1. The van der Waals surface area contributed by atoms with Crippen LogP contribution in [0.5, 0.6) is 0 Å². The first-order chi connectivity index (χ1) is 10.1. The van der Waals surface area contributed by atoms with Gasteiger partial charge in [0.1, 0.15) is 5.60 Å². The van der Waals surface area contributed by atoms with E-state index in [1.165, 1.54) is 5.56 Å². The molecular formula is C18H22N2O. The van der Waals surface area contributed by atoms with Gasteiger partial charge in [0.15, 0.2) is 0 Å². The zero-order chi connectivity index (χ0) is 14.9. The van der Waals surface area contributed by atoms with Gasteiger partial charge in [0.05, 0.1) is 0 Å². The summed E-state index contributed by atoms with van der Waals surface area (Å²) in [4.78, 5) is 6.37. The second kappa shape index (κ2) is 5.58. The lowest BCUT2D eigenvalue weighted by Gasteiger charge is -2.43. The predicted molar refractivity (Wildman–Crippen MR) is 84.0 cm³/mol. The van der Waals surface area contributed by atoms with Crippen LogP contribution in [0.25, 0.3) is 0 Å². The monoisotopic (exact) mass is 282 g/mol. The van der Waals surface area contributed by atoms with Crippen molar-refractivity contribution in [3.63, 3.8) is 0 Å². The minimum Gasteiger partial charge on any atom is -0.380 e. The van der Waals surface area contributed by atoms with Crippen LogP contribution in [0.15, 0.2) is 48.8 Å². The highest BCUT2D eigenvalue weighted by Gasteiger charge is 2.44. The molecule has 1 aliphatic carbocycles. The van der Waals surface area contributed by atoms with E-state index in [4.69, 9.17) is 0 Å². The van der Waals surface area contributed by atoms with E-state index in [0.717, 1.165) is 30.5 Å². The topological polar surface area (TPSA) is 36.4 Å². The molecule has 1 aromatic carbocycles. The Morgan fingerprint density at radius 1 is 1.24 bits per heavy atom. The van der Waals surface area contributed by atoms with Gasteiger partial charge in [-0.1, -0.05) is 30.3 Å². The Kier molecular flexibility index (Phi) is 3.79. The molecule has 1 N–H and O–H groups in total. The number of hydrogen-bond acceptors (Lipinski definition) is 3. The molecule has 0 fully saturated rings. The zero-order valence-corrected chi connectivity index (χ0v) is 12.7. The quantitative estimate of drug-likeness (QED) is 0.939. The molecule has 21 heavy (non-hydrogen) atoms. The van der Waals surface area contributed by atoms with Gasteiger partial charge in [0.25, 0.3) is 0 Å². The fourth-order valence-corrected chi connectivity index (χ4v) is 3.51. The maximum atomic E-state index is 11.6. The molecule has 3 rings (SSSR count). The van der Waals surface area contributed by atoms with Crippen LogP contribution in [0.3, 0.4) is 0 Å². The Morgan fingerprint density at radius 3 is 2.76 bits per heavy atom. The standard InChI is InChI=1S/C18H22N2O/c1-20(2)13-16-10-9-14-6-3-4-8-17(14)18(16,21)15-7-5-11-19-12-15/h3-8,11-12,16,21H,9-10,13H2,1-2H3. The van der Waals surface area contributed by atoms with Gasteiger partial charge in [-0.05, 0) is 44.1 Å². The van der Waals surface area contributed by atoms with Gasteiger partial charge in [-0.15, -0.1) is 0 Å². The third-order valence-electron chi connectivity index (χ3n) is 4.47. The molecule has 1 aromatic heterocycles. The lowest BCUT2D eigenvalue weighted by atomic mass is 9.68. The Hall–Kier alpha value is -1.71. The van der Waals surface area contributed by atoms with Crippen molar-refractivity contribution in [2.75, 3.05) is 20.6 Å². The summed E-state index contributed by atoms with van der Waals surface area (Å²) in [6.45, 7) is 0.861. The van der Waals surface area contributed by atoms with Gasteiger partial charge in [0.2, 0.25) is 0 Å². The van der Waals surface area contributed by atoms with Crippen molar-refractivity contribution < 1.29 is 5.11 Å². The first-order valence-corrected chi connectivity index (χ1v) is 7.48. The minimum absolute atomic E-state index is 0.173. The van der Waals surface area contributed by atoms with Crippen LogP contribution in [0.4, 0.5) is 0 Å². The van der Waals surface area contributed by atoms with Crippen molar-refractivity contribution in [2.45, 2.75) is 18.4 Å². The van der Waals surface area contributed by atoms with E-state index in [1.807, 2.05) is 18.2 Å². The normalized spacial score (nSPS) is 24.9. The van der Waals surface area contributed by atoms with E-state index in [1.54, 1.807) is 12.4 Å². The SMILES string of the molecule is CN(C)CC1CCc2ccccc2C1(O)c1cccnc1. The first kappa shape index (κ1) is 14.2. The molecule has 0 radical (unpaired) electrons. The molecular weight excluding hydrogens is 260 g/mol. The van der Waals surface area contributed by atoms with Crippen LogP contribution in [0.1, 0.15) is 23.1 Å². The smallest absolute Gasteiger partial charge is 0.120 e. The van der Waals surface area contributed by atoms with Crippen molar-refractivity contribution in [3.05, 3.63) is 65.5 Å². The third-order valence-corrected chi connectivity index (χ3v) is 4.47. The van der Waals surface area contributed by atoms with Gasteiger partial charge in [-0.2, -0.15) is 0 Å². The van der Waals surface area contributed by atoms with Crippen LogP contribution < -0.4 is 0 Å². The molecule has 110 valence electrons. The number of aryl methyl sites for hydroxylation is 1. The van der Waals surface area contributed by atoms with Crippen LogP contribution in [0, 0.1) is 5.92 Å². The Balaban J connectivity index is 2.14. The predicted octanol–water partition coefficient (Wildman–Crippen LogP) is 2.44. The van der Waals surface area contributed by atoms with Gasteiger partial charge in [-0.25, -0.2) is 0 Å².